The van der Waals surface area contributed by atoms with Crippen LogP contribution in [0.1, 0.15) is 34.1 Å². The third kappa shape index (κ3) is 4.13. The Balaban J connectivity index is 1.84. The van der Waals surface area contributed by atoms with Crippen LogP contribution in [0.4, 0.5) is 21.8 Å². The van der Waals surface area contributed by atoms with Crippen molar-refractivity contribution in [3.05, 3.63) is 40.3 Å². The summed E-state index contributed by atoms with van der Waals surface area (Å²) in [6.07, 6.45) is 2.02. The number of likely N-dealkylation sites (N-methyl/N-ethyl adjacent to an activating group) is 1. The minimum Gasteiger partial charge on any atom is -0.363 e. The van der Waals surface area contributed by atoms with Crippen LogP contribution in [0.5, 0.6) is 0 Å². The first-order valence-electron chi connectivity index (χ1n) is 8.75. The van der Waals surface area contributed by atoms with Crippen molar-refractivity contribution >= 4 is 40.7 Å². The highest BCUT2D eigenvalue weighted by Crippen LogP contribution is 2.40. The summed E-state index contributed by atoms with van der Waals surface area (Å²) in [7, 11) is 2.09. The number of rotatable bonds is 4. The summed E-state index contributed by atoms with van der Waals surface area (Å²) in [6, 6.07) is 5.07. The van der Waals surface area contributed by atoms with Crippen molar-refractivity contribution in [2.75, 3.05) is 17.7 Å². The Morgan fingerprint density at radius 2 is 1.78 bits per heavy atom. The monoisotopic (exact) mass is 411 g/mol. The van der Waals surface area contributed by atoms with Crippen molar-refractivity contribution in [3.8, 4) is 0 Å². The standard InChI is InChI=1S/C19H24Cl2FN5/c1-18(2)9-15(19(3,4)27(18)5)25-16-14(22)10-23-17(26-16)24-13-7-11(20)6-12(21)8-13/h6-8,10,15H,9H2,1-5H3,(H2,23,24,25,26). The summed E-state index contributed by atoms with van der Waals surface area (Å²) in [4.78, 5) is 10.6. The molecule has 0 amide bonds. The average Bonchev–Trinajstić information content (AvgIpc) is 2.69. The van der Waals surface area contributed by atoms with Crippen LogP contribution in [-0.2, 0) is 0 Å². The SMILES string of the molecule is CN1C(C)(C)CC(Nc2nc(Nc3cc(Cl)cc(Cl)c3)ncc2F)C1(C)C. The highest BCUT2D eigenvalue weighted by atomic mass is 35.5. The molecule has 1 aliphatic rings. The zero-order chi connectivity index (χ0) is 20.0. The van der Waals surface area contributed by atoms with E-state index in [4.69, 9.17) is 23.2 Å². The molecule has 27 heavy (non-hydrogen) atoms. The second-order valence-corrected chi connectivity index (χ2v) is 8.97. The normalized spacial score (nSPS) is 21.3. The molecule has 3 rings (SSSR count). The molecule has 1 unspecified atom stereocenters. The molecular formula is C19H24Cl2FN5. The molecular weight excluding hydrogens is 388 g/mol. The van der Waals surface area contributed by atoms with Gasteiger partial charge in [0, 0.05) is 32.9 Å². The number of aromatic nitrogens is 2. The summed E-state index contributed by atoms with van der Waals surface area (Å²) >= 11 is 12.0. The maximum Gasteiger partial charge on any atom is 0.229 e. The molecule has 146 valence electrons. The van der Waals surface area contributed by atoms with E-state index in [1.54, 1.807) is 18.2 Å². The number of hydrogen-bond acceptors (Lipinski definition) is 5. The van der Waals surface area contributed by atoms with Gasteiger partial charge < -0.3 is 10.6 Å². The van der Waals surface area contributed by atoms with Gasteiger partial charge in [-0.25, -0.2) is 9.37 Å². The van der Waals surface area contributed by atoms with E-state index in [-0.39, 0.29) is 28.9 Å². The van der Waals surface area contributed by atoms with Crippen LogP contribution in [0.15, 0.2) is 24.4 Å². The second-order valence-electron chi connectivity index (χ2n) is 8.10. The van der Waals surface area contributed by atoms with Crippen LogP contribution in [0.25, 0.3) is 0 Å². The van der Waals surface area contributed by atoms with Gasteiger partial charge in [0.15, 0.2) is 11.6 Å². The van der Waals surface area contributed by atoms with Gasteiger partial charge in [-0.1, -0.05) is 23.2 Å². The zero-order valence-electron chi connectivity index (χ0n) is 16.1. The quantitative estimate of drug-likeness (QED) is 0.710. The summed E-state index contributed by atoms with van der Waals surface area (Å²) in [5, 5.41) is 7.27. The van der Waals surface area contributed by atoms with E-state index in [2.05, 4.69) is 60.2 Å². The lowest BCUT2D eigenvalue weighted by molar-refractivity contribution is 0.112. The Hall–Kier alpha value is -1.63. The van der Waals surface area contributed by atoms with Crippen molar-refractivity contribution in [1.82, 2.24) is 14.9 Å². The second kappa shape index (κ2) is 7.08. The van der Waals surface area contributed by atoms with Crippen LogP contribution in [0.3, 0.4) is 0 Å². The molecule has 0 bridgehead atoms. The summed E-state index contributed by atoms with van der Waals surface area (Å²) in [5.74, 6) is -0.0571. The van der Waals surface area contributed by atoms with E-state index in [0.29, 0.717) is 15.7 Å². The smallest absolute Gasteiger partial charge is 0.229 e. The first-order valence-corrected chi connectivity index (χ1v) is 9.51. The number of nitrogens with one attached hydrogen (secondary N) is 2. The first-order chi connectivity index (χ1) is 12.5. The zero-order valence-corrected chi connectivity index (χ0v) is 17.6. The molecule has 1 aromatic heterocycles. The largest absolute Gasteiger partial charge is 0.363 e. The topological polar surface area (TPSA) is 53.1 Å². The van der Waals surface area contributed by atoms with Gasteiger partial charge in [-0.2, -0.15) is 4.98 Å². The average molecular weight is 412 g/mol. The number of anilines is 3. The van der Waals surface area contributed by atoms with E-state index in [1.807, 2.05) is 0 Å². The molecule has 5 nitrogen and oxygen atoms in total. The lowest BCUT2D eigenvalue weighted by Crippen LogP contribution is -2.49. The van der Waals surface area contributed by atoms with Crippen LogP contribution in [0, 0.1) is 5.82 Å². The van der Waals surface area contributed by atoms with Crippen molar-refractivity contribution in [1.29, 1.82) is 0 Å². The van der Waals surface area contributed by atoms with Gasteiger partial charge in [-0.15, -0.1) is 0 Å². The molecule has 0 radical (unpaired) electrons. The Bertz CT molecular complexity index is 836. The minimum atomic E-state index is -0.493. The number of halogens is 3. The number of nitrogens with zero attached hydrogens (tertiary/aromatic N) is 3. The van der Waals surface area contributed by atoms with Gasteiger partial charge in [0.05, 0.1) is 6.20 Å². The van der Waals surface area contributed by atoms with Crippen molar-refractivity contribution < 1.29 is 4.39 Å². The molecule has 0 spiro atoms. The van der Waals surface area contributed by atoms with E-state index >= 15 is 0 Å². The maximum atomic E-state index is 14.4. The fourth-order valence-electron chi connectivity index (χ4n) is 3.58. The van der Waals surface area contributed by atoms with Gasteiger partial charge in [0.1, 0.15) is 0 Å². The van der Waals surface area contributed by atoms with Gasteiger partial charge >= 0.3 is 0 Å². The minimum absolute atomic E-state index is 0.00326. The van der Waals surface area contributed by atoms with Crippen LogP contribution < -0.4 is 10.6 Å². The van der Waals surface area contributed by atoms with Crippen molar-refractivity contribution in [2.24, 2.45) is 0 Å². The molecule has 1 atom stereocenters. The maximum absolute atomic E-state index is 14.4. The Morgan fingerprint density at radius 1 is 1.15 bits per heavy atom. The molecule has 0 saturated carbocycles. The number of likely N-dealkylation sites (tertiary alicyclic amines) is 1. The van der Waals surface area contributed by atoms with Crippen molar-refractivity contribution in [3.63, 3.8) is 0 Å². The third-order valence-corrected chi connectivity index (χ3v) is 5.94. The number of hydrogen-bond donors (Lipinski definition) is 2. The van der Waals surface area contributed by atoms with Crippen LogP contribution in [-0.4, -0.2) is 39.0 Å². The molecule has 0 aliphatic carbocycles. The van der Waals surface area contributed by atoms with Crippen LogP contribution >= 0.6 is 23.2 Å². The molecule has 2 aromatic rings. The van der Waals surface area contributed by atoms with Gasteiger partial charge in [0.2, 0.25) is 5.95 Å². The Kier molecular flexibility index (Phi) is 5.27. The lowest BCUT2D eigenvalue weighted by atomic mass is 9.94. The molecule has 8 heteroatoms. The van der Waals surface area contributed by atoms with Gasteiger partial charge in [-0.3, -0.25) is 4.90 Å². The van der Waals surface area contributed by atoms with E-state index in [0.717, 1.165) is 12.6 Å². The molecule has 1 fully saturated rings. The van der Waals surface area contributed by atoms with E-state index in [9.17, 15) is 4.39 Å². The highest BCUT2D eigenvalue weighted by molar-refractivity contribution is 6.35. The molecule has 2 heterocycles. The van der Waals surface area contributed by atoms with Gasteiger partial charge in [0.25, 0.3) is 0 Å². The summed E-state index contributed by atoms with van der Waals surface area (Å²) < 4.78 is 14.4. The molecule has 2 N–H and O–H groups in total. The predicted octanol–water partition coefficient (Wildman–Crippen LogP) is 5.34. The van der Waals surface area contributed by atoms with Crippen LogP contribution in [0.2, 0.25) is 10.0 Å². The first kappa shape index (κ1) is 20.1. The highest BCUT2D eigenvalue weighted by Gasteiger charge is 2.49. The van der Waals surface area contributed by atoms with E-state index < -0.39 is 5.82 Å². The third-order valence-electron chi connectivity index (χ3n) is 5.50. The molecule has 1 saturated heterocycles. The van der Waals surface area contributed by atoms with Crippen molar-refractivity contribution in [2.45, 2.75) is 51.2 Å². The van der Waals surface area contributed by atoms with Gasteiger partial charge in [-0.05, 0) is 59.4 Å². The molecule has 1 aromatic carbocycles. The lowest BCUT2D eigenvalue weighted by Gasteiger charge is -2.38. The fraction of sp³-hybridized carbons (Fsp3) is 0.474. The fourth-order valence-corrected chi connectivity index (χ4v) is 4.10. The Labute approximate surface area is 169 Å². The van der Waals surface area contributed by atoms with E-state index in [1.165, 1.54) is 0 Å². The molecule has 1 aliphatic heterocycles. The summed E-state index contributed by atoms with van der Waals surface area (Å²) in [6.45, 7) is 8.66. The number of benzene rings is 1. The predicted molar refractivity (Wildman–Crippen MR) is 110 cm³/mol. The summed E-state index contributed by atoms with van der Waals surface area (Å²) in [5.41, 5.74) is 0.477. The Morgan fingerprint density at radius 3 is 2.33 bits per heavy atom.